The lowest BCUT2D eigenvalue weighted by atomic mass is 10.2. The molecule has 0 spiro atoms. The lowest BCUT2D eigenvalue weighted by molar-refractivity contribution is 0.673. The molecule has 3 heteroatoms. The minimum atomic E-state index is -1.06. The van der Waals surface area contributed by atoms with E-state index in [0.717, 1.165) is 10.5 Å². The average Bonchev–Trinajstić information content (AvgIpc) is 2.18. The van der Waals surface area contributed by atoms with Crippen LogP contribution in [0.5, 0.6) is 0 Å². The quantitative estimate of drug-likeness (QED) is 0.763. The van der Waals surface area contributed by atoms with Crippen LogP contribution in [0.2, 0.25) is 0 Å². The van der Waals surface area contributed by atoms with Gasteiger partial charge in [0.25, 0.3) is 0 Å². The van der Waals surface area contributed by atoms with Gasteiger partial charge in [-0.2, -0.15) is 5.26 Å². The third-order valence-corrected chi connectivity index (χ3v) is 3.63. The standard InChI is InChI=1S/C11H13NOS/c1-9-3-5-11(6-4-9)14(13)10(2)7-8-12/h3-6,10H,7H2,1-2H3. The van der Waals surface area contributed by atoms with Crippen molar-refractivity contribution in [2.24, 2.45) is 0 Å². The van der Waals surface area contributed by atoms with E-state index in [2.05, 4.69) is 0 Å². The highest BCUT2D eigenvalue weighted by atomic mass is 32.2. The highest BCUT2D eigenvalue weighted by Gasteiger charge is 2.12. The number of benzene rings is 1. The summed E-state index contributed by atoms with van der Waals surface area (Å²) in [6.45, 7) is 3.82. The molecule has 0 aliphatic carbocycles. The van der Waals surface area contributed by atoms with Crippen LogP contribution in [-0.2, 0) is 10.8 Å². The van der Waals surface area contributed by atoms with Crippen molar-refractivity contribution in [3.63, 3.8) is 0 Å². The van der Waals surface area contributed by atoms with Gasteiger partial charge in [0, 0.05) is 16.6 Å². The average molecular weight is 207 g/mol. The molecule has 0 bridgehead atoms. The van der Waals surface area contributed by atoms with E-state index in [4.69, 9.17) is 5.26 Å². The highest BCUT2D eigenvalue weighted by molar-refractivity contribution is 7.85. The Bertz CT molecular complexity index is 364. The number of hydrogen-bond acceptors (Lipinski definition) is 2. The Morgan fingerprint density at radius 1 is 1.43 bits per heavy atom. The summed E-state index contributed by atoms with van der Waals surface area (Å²) in [5, 5.41) is 8.40. The van der Waals surface area contributed by atoms with E-state index in [1.807, 2.05) is 44.2 Å². The van der Waals surface area contributed by atoms with Crippen molar-refractivity contribution in [2.75, 3.05) is 0 Å². The van der Waals surface area contributed by atoms with Crippen molar-refractivity contribution in [1.82, 2.24) is 0 Å². The molecule has 2 unspecified atom stereocenters. The number of rotatable bonds is 3. The molecule has 2 atom stereocenters. The maximum atomic E-state index is 11.8. The summed E-state index contributed by atoms with van der Waals surface area (Å²) < 4.78 is 11.8. The topological polar surface area (TPSA) is 40.9 Å². The predicted molar refractivity (Wildman–Crippen MR) is 57.3 cm³/mol. The van der Waals surface area contributed by atoms with Crippen LogP contribution in [0.4, 0.5) is 0 Å². The Balaban J connectivity index is 2.80. The summed E-state index contributed by atoms with van der Waals surface area (Å²) in [7, 11) is -1.06. The molecule has 0 heterocycles. The first-order chi connectivity index (χ1) is 6.65. The molecule has 0 saturated heterocycles. The zero-order chi connectivity index (χ0) is 10.6. The fourth-order valence-corrected chi connectivity index (χ4v) is 2.20. The summed E-state index contributed by atoms with van der Waals surface area (Å²) in [5.41, 5.74) is 1.15. The Morgan fingerprint density at radius 2 is 2.00 bits per heavy atom. The first-order valence-corrected chi connectivity index (χ1v) is 5.70. The minimum absolute atomic E-state index is 0.0947. The van der Waals surface area contributed by atoms with Gasteiger partial charge in [0.15, 0.2) is 0 Å². The van der Waals surface area contributed by atoms with E-state index in [0.29, 0.717) is 6.42 Å². The Morgan fingerprint density at radius 3 is 2.50 bits per heavy atom. The lowest BCUT2D eigenvalue weighted by Gasteiger charge is -2.07. The predicted octanol–water partition coefficient (Wildman–Crippen LogP) is 2.40. The van der Waals surface area contributed by atoms with Crippen LogP contribution in [0, 0.1) is 18.3 Å². The smallest absolute Gasteiger partial charge is 0.0634 e. The van der Waals surface area contributed by atoms with Crippen molar-refractivity contribution >= 4 is 10.8 Å². The van der Waals surface area contributed by atoms with Crippen LogP contribution in [0.25, 0.3) is 0 Å². The van der Waals surface area contributed by atoms with E-state index in [1.54, 1.807) is 0 Å². The Kier molecular flexibility index (Phi) is 3.84. The van der Waals surface area contributed by atoms with E-state index in [9.17, 15) is 4.21 Å². The number of aryl methyl sites for hydroxylation is 1. The second-order valence-electron chi connectivity index (χ2n) is 3.28. The second kappa shape index (κ2) is 4.92. The summed E-state index contributed by atoms with van der Waals surface area (Å²) in [6.07, 6.45) is 0.334. The summed E-state index contributed by atoms with van der Waals surface area (Å²) in [5.74, 6) is 0. The van der Waals surface area contributed by atoms with E-state index in [1.165, 1.54) is 0 Å². The van der Waals surface area contributed by atoms with Gasteiger partial charge in [-0.05, 0) is 26.0 Å². The van der Waals surface area contributed by atoms with Gasteiger partial charge in [0.1, 0.15) is 0 Å². The van der Waals surface area contributed by atoms with Crippen LogP contribution in [0.1, 0.15) is 18.9 Å². The van der Waals surface area contributed by atoms with E-state index in [-0.39, 0.29) is 5.25 Å². The molecule has 0 N–H and O–H groups in total. The van der Waals surface area contributed by atoms with Gasteiger partial charge in [0.05, 0.1) is 16.9 Å². The molecule has 1 aromatic rings. The molecular weight excluding hydrogens is 194 g/mol. The summed E-state index contributed by atoms with van der Waals surface area (Å²) in [6, 6.07) is 9.63. The molecule has 1 aromatic carbocycles. The summed E-state index contributed by atoms with van der Waals surface area (Å²) in [4.78, 5) is 0.804. The number of nitriles is 1. The molecule has 0 amide bonds. The van der Waals surface area contributed by atoms with Gasteiger partial charge < -0.3 is 0 Å². The zero-order valence-corrected chi connectivity index (χ0v) is 9.17. The Hall–Kier alpha value is -1.14. The van der Waals surface area contributed by atoms with Gasteiger partial charge in [-0.1, -0.05) is 17.7 Å². The maximum Gasteiger partial charge on any atom is 0.0634 e. The molecule has 0 aromatic heterocycles. The molecule has 0 saturated carbocycles. The summed E-state index contributed by atoms with van der Waals surface area (Å²) >= 11 is 0. The van der Waals surface area contributed by atoms with Crippen LogP contribution in [0.3, 0.4) is 0 Å². The van der Waals surface area contributed by atoms with Crippen LogP contribution >= 0.6 is 0 Å². The molecule has 1 rings (SSSR count). The molecule has 0 aliphatic heterocycles. The van der Waals surface area contributed by atoms with Crippen molar-refractivity contribution in [2.45, 2.75) is 30.4 Å². The molecule has 74 valence electrons. The fraction of sp³-hybridized carbons (Fsp3) is 0.364. The number of hydrogen-bond donors (Lipinski definition) is 0. The largest absolute Gasteiger partial charge is 0.254 e. The van der Waals surface area contributed by atoms with Crippen LogP contribution in [-0.4, -0.2) is 9.46 Å². The van der Waals surface area contributed by atoms with Gasteiger partial charge in [-0.15, -0.1) is 0 Å². The highest BCUT2D eigenvalue weighted by Crippen LogP contribution is 2.13. The van der Waals surface area contributed by atoms with Gasteiger partial charge >= 0.3 is 0 Å². The Labute approximate surface area is 87.0 Å². The minimum Gasteiger partial charge on any atom is -0.254 e. The van der Waals surface area contributed by atoms with Gasteiger partial charge in [-0.25, -0.2) is 0 Å². The zero-order valence-electron chi connectivity index (χ0n) is 8.36. The van der Waals surface area contributed by atoms with Gasteiger partial charge in [-0.3, -0.25) is 4.21 Å². The third-order valence-electron chi connectivity index (χ3n) is 2.00. The third kappa shape index (κ3) is 2.68. The molecule has 0 radical (unpaired) electrons. The van der Waals surface area contributed by atoms with Crippen LogP contribution < -0.4 is 0 Å². The monoisotopic (exact) mass is 207 g/mol. The second-order valence-corrected chi connectivity index (χ2v) is 5.15. The van der Waals surface area contributed by atoms with Crippen LogP contribution in [0.15, 0.2) is 29.2 Å². The normalized spacial score (nSPS) is 14.4. The van der Waals surface area contributed by atoms with Gasteiger partial charge in [0.2, 0.25) is 0 Å². The molecule has 0 fully saturated rings. The van der Waals surface area contributed by atoms with Crippen molar-refractivity contribution in [1.29, 1.82) is 5.26 Å². The lowest BCUT2D eigenvalue weighted by Crippen LogP contribution is -2.09. The molecule has 0 aliphatic rings. The molecular formula is C11H13NOS. The van der Waals surface area contributed by atoms with Crippen molar-refractivity contribution in [3.8, 4) is 6.07 Å². The van der Waals surface area contributed by atoms with E-state index < -0.39 is 10.8 Å². The molecule has 2 nitrogen and oxygen atoms in total. The SMILES string of the molecule is Cc1ccc(S(=O)C(C)CC#N)cc1. The van der Waals surface area contributed by atoms with Crippen molar-refractivity contribution < 1.29 is 4.21 Å². The number of nitrogens with zero attached hydrogens (tertiary/aromatic N) is 1. The molecule has 14 heavy (non-hydrogen) atoms. The maximum absolute atomic E-state index is 11.8. The first-order valence-electron chi connectivity index (χ1n) is 4.49. The first kappa shape index (κ1) is 10.9. The van der Waals surface area contributed by atoms with E-state index >= 15 is 0 Å². The van der Waals surface area contributed by atoms with Crippen molar-refractivity contribution in [3.05, 3.63) is 29.8 Å². The fourth-order valence-electron chi connectivity index (χ4n) is 1.11.